The predicted octanol–water partition coefficient (Wildman–Crippen LogP) is 2.57. The van der Waals surface area contributed by atoms with Crippen LogP contribution >= 0.6 is 23.1 Å². The molecular weight excluding hydrogens is 378 g/mol. The molecule has 142 valence electrons. The molecule has 3 rings (SSSR count). The molecular formula is C20H24N3O2S2+. The van der Waals surface area contributed by atoms with E-state index in [4.69, 9.17) is 9.72 Å². The Morgan fingerprint density at radius 2 is 1.96 bits per heavy atom. The van der Waals surface area contributed by atoms with Crippen molar-refractivity contribution < 1.29 is 14.4 Å². The number of nitrogens with one attached hydrogen (secondary N) is 1. The van der Waals surface area contributed by atoms with E-state index >= 15 is 0 Å². The van der Waals surface area contributed by atoms with E-state index in [1.165, 1.54) is 16.2 Å². The highest BCUT2D eigenvalue weighted by Gasteiger charge is 2.21. The number of benzene rings is 2. The van der Waals surface area contributed by atoms with Crippen molar-refractivity contribution in [3.05, 3.63) is 48.5 Å². The number of rotatable bonds is 8. The van der Waals surface area contributed by atoms with Gasteiger partial charge in [0.25, 0.3) is 0 Å². The number of hydrogen-bond donors (Lipinski definition) is 1. The lowest BCUT2D eigenvalue weighted by Gasteiger charge is -2.20. The number of amides is 1. The van der Waals surface area contributed by atoms with Crippen molar-refractivity contribution >= 4 is 44.4 Å². The number of para-hydroxylation sites is 1. The Bertz CT molecular complexity index is 897. The van der Waals surface area contributed by atoms with E-state index in [1.54, 1.807) is 18.9 Å². The number of methoxy groups -OCH3 is 1. The van der Waals surface area contributed by atoms with Gasteiger partial charge in [-0.1, -0.05) is 35.6 Å². The van der Waals surface area contributed by atoms with Crippen molar-refractivity contribution in [2.45, 2.75) is 4.90 Å². The molecule has 7 heteroatoms. The molecule has 5 nitrogen and oxygen atoms in total. The largest absolute Gasteiger partial charge is 0.494 e. The molecule has 0 aliphatic heterocycles. The molecule has 1 heterocycles. The highest BCUT2D eigenvalue weighted by Crippen LogP contribution is 2.34. The molecule has 0 bridgehead atoms. The molecule has 27 heavy (non-hydrogen) atoms. The Labute approximate surface area is 168 Å². The minimum absolute atomic E-state index is 0.0723. The van der Waals surface area contributed by atoms with E-state index in [0.717, 1.165) is 32.5 Å². The number of thiazole rings is 1. The van der Waals surface area contributed by atoms with Gasteiger partial charge >= 0.3 is 0 Å². The number of hydrogen-bond acceptors (Lipinski definition) is 5. The average Bonchev–Trinajstić information content (AvgIpc) is 3.11. The van der Waals surface area contributed by atoms with E-state index in [-0.39, 0.29) is 5.91 Å². The van der Waals surface area contributed by atoms with E-state index in [9.17, 15) is 4.79 Å². The number of carbonyl (C=O) groups excluding carboxylic acids is 1. The molecule has 0 aliphatic rings. The Morgan fingerprint density at radius 1 is 1.19 bits per heavy atom. The quantitative estimate of drug-likeness (QED) is 0.589. The number of likely N-dealkylation sites (N-methyl/N-ethyl adjacent to an activating group) is 1. The zero-order valence-corrected chi connectivity index (χ0v) is 17.4. The van der Waals surface area contributed by atoms with E-state index in [1.807, 2.05) is 53.4 Å². The Balaban J connectivity index is 1.83. The maximum atomic E-state index is 13.0. The summed E-state index contributed by atoms with van der Waals surface area (Å²) in [4.78, 5) is 21.9. The summed E-state index contributed by atoms with van der Waals surface area (Å²) >= 11 is 3.09. The maximum absolute atomic E-state index is 13.0. The number of aromatic nitrogens is 1. The van der Waals surface area contributed by atoms with Crippen LogP contribution in [0.4, 0.5) is 5.13 Å². The van der Waals surface area contributed by atoms with Gasteiger partial charge in [-0.05, 0) is 24.3 Å². The smallest absolute Gasteiger partial charge is 0.239 e. The highest BCUT2D eigenvalue weighted by molar-refractivity contribution is 8.00. The van der Waals surface area contributed by atoms with Gasteiger partial charge in [-0.2, -0.15) is 0 Å². The van der Waals surface area contributed by atoms with Gasteiger partial charge in [0, 0.05) is 4.90 Å². The molecule has 0 saturated heterocycles. The van der Waals surface area contributed by atoms with Crippen LogP contribution in [0.2, 0.25) is 0 Å². The fraction of sp³-hybridized carbons (Fsp3) is 0.300. The molecule has 1 aromatic heterocycles. The fourth-order valence-electron chi connectivity index (χ4n) is 2.59. The normalized spacial score (nSPS) is 11.1. The third-order valence-corrected chi connectivity index (χ3v) is 6.10. The predicted molar refractivity (Wildman–Crippen MR) is 113 cm³/mol. The molecule has 0 radical (unpaired) electrons. The fourth-order valence-corrected chi connectivity index (χ4v) is 4.42. The van der Waals surface area contributed by atoms with Crippen LogP contribution in [0.15, 0.2) is 53.4 Å². The van der Waals surface area contributed by atoms with Crippen molar-refractivity contribution in [2.75, 3.05) is 44.9 Å². The third kappa shape index (κ3) is 5.00. The van der Waals surface area contributed by atoms with Crippen LogP contribution in [-0.2, 0) is 4.79 Å². The van der Waals surface area contributed by atoms with Crippen molar-refractivity contribution in [2.24, 2.45) is 0 Å². The molecule has 0 spiro atoms. The first-order valence-electron chi connectivity index (χ1n) is 8.79. The molecule has 1 amide bonds. The first kappa shape index (κ1) is 19.7. The molecule has 3 aromatic rings. The van der Waals surface area contributed by atoms with Crippen LogP contribution in [-0.4, -0.2) is 50.9 Å². The SMILES string of the molecule is COc1cccc2sc(N(CC[NH+](C)C)C(=O)CSc3ccccc3)nc12. The molecule has 0 unspecified atom stereocenters. The number of fused-ring (bicyclic) bond motifs is 1. The van der Waals surface area contributed by atoms with Gasteiger partial charge in [0.15, 0.2) is 5.13 Å². The summed E-state index contributed by atoms with van der Waals surface area (Å²) in [6, 6.07) is 15.9. The lowest BCUT2D eigenvalue weighted by molar-refractivity contribution is -0.856. The average molecular weight is 403 g/mol. The van der Waals surface area contributed by atoms with Crippen LogP contribution in [0.3, 0.4) is 0 Å². The second-order valence-electron chi connectivity index (χ2n) is 6.41. The monoisotopic (exact) mass is 402 g/mol. The summed E-state index contributed by atoms with van der Waals surface area (Å²) in [7, 11) is 5.81. The minimum atomic E-state index is 0.0723. The molecule has 0 atom stereocenters. The number of anilines is 1. The first-order chi connectivity index (χ1) is 13.1. The van der Waals surface area contributed by atoms with Gasteiger partial charge in [-0.15, -0.1) is 11.8 Å². The molecule has 2 aromatic carbocycles. The lowest BCUT2D eigenvalue weighted by Crippen LogP contribution is -3.06. The van der Waals surface area contributed by atoms with Gasteiger partial charge in [-0.3, -0.25) is 9.69 Å². The summed E-state index contributed by atoms with van der Waals surface area (Å²) in [5.41, 5.74) is 0.811. The summed E-state index contributed by atoms with van der Waals surface area (Å²) < 4.78 is 6.44. The van der Waals surface area contributed by atoms with Gasteiger partial charge in [0.1, 0.15) is 11.3 Å². The van der Waals surface area contributed by atoms with Gasteiger partial charge in [-0.25, -0.2) is 4.98 Å². The summed E-state index contributed by atoms with van der Waals surface area (Å²) in [6.45, 7) is 1.49. The van der Waals surface area contributed by atoms with Gasteiger partial charge in [0.2, 0.25) is 5.91 Å². The van der Waals surface area contributed by atoms with Crippen molar-refractivity contribution in [1.82, 2.24) is 4.98 Å². The third-order valence-electron chi connectivity index (χ3n) is 4.06. The molecule has 0 fully saturated rings. The van der Waals surface area contributed by atoms with Crippen LogP contribution in [0.25, 0.3) is 10.2 Å². The number of ether oxygens (including phenoxy) is 1. The van der Waals surface area contributed by atoms with Crippen molar-refractivity contribution in [3.63, 3.8) is 0 Å². The van der Waals surface area contributed by atoms with Crippen molar-refractivity contribution in [3.8, 4) is 5.75 Å². The Hall–Kier alpha value is -2.09. The van der Waals surface area contributed by atoms with Crippen LogP contribution < -0.4 is 14.5 Å². The number of carbonyl (C=O) groups is 1. The Morgan fingerprint density at radius 3 is 2.67 bits per heavy atom. The van der Waals surface area contributed by atoms with Crippen LogP contribution in [0.1, 0.15) is 0 Å². The number of quaternary nitrogens is 1. The second kappa shape index (κ2) is 9.21. The lowest BCUT2D eigenvalue weighted by atomic mass is 10.3. The molecule has 0 aliphatic carbocycles. The zero-order chi connectivity index (χ0) is 19.2. The van der Waals surface area contributed by atoms with Crippen molar-refractivity contribution in [1.29, 1.82) is 0 Å². The highest BCUT2D eigenvalue weighted by atomic mass is 32.2. The minimum Gasteiger partial charge on any atom is -0.494 e. The number of nitrogens with zero attached hydrogens (tertiary/aromatic N) is 2. The van der Waals surface area contributed by atoms with E-state index < -0.39 is 0 Å². The number of thioether (sulfide) groups is 1. The van der Waals surface area contributed by atoms with Gasteiger partial charge in [0.05, 0.1) is 44.7 Å². The van der Waals surface area contributed by atoms with E-state index in [0.29, 0.717) is 12.3 Å². The second-order valence-corrected chi connectivity index (χ2v) is 8.47. The Kier molecular flexibility index (Phi) is 6.71. The topological polar surface area (TPSA) is 46.9 Å². The summed E-state index contributed by atoms with van der Waals surface area (Å²) in [6.07, 6.45) is 0. The molecule has 1 N–H and O–H groups in total. The van der Waals surface area contributed by atoms with Gasteiger partial charge < -0.3 is 9.64 Å². The standard InChI is InChI=1S/C20H23N3O2S2/c1-22(2)12-13-23(18(24)14-26-15-8-5-4-6-9-15)20-21-19-16(25-3)10-7-11-17(19)27-20/h4-11H,12-14H2,1-3H3/p+1. The van der Waals surface area contributed by atoms with Crippen LogP contribution in [0.5, 0.6) is 5.75 Å². The summed E-state index contributed by atoms with van der Waals surface area (Å²) in [5.74, 6) is 1.20. The van der Waals surface area contributed by atoms with E-state index in [2.05, 4.69) is 14.1 Å². The summed E-state index contributed by atoms with van der Waals surface area (Å²) in [5, 5.41) is 0.731. The maximum Gasteiger partial charge on any atom is 0.239 e. The van der Waals surface area contributed by atoms with Crippen LogP contribution in [0, 0.1) is 0 Å². The first-order valence-corrected chi connectivity index (χ1v) is 10.6. The zero-order valence-electron chi connectivity index (χ0n) is 15.8. The molecule has 0 saturated carbocycles.